The Morgan fingerprint density at radius 3 is 2.54 bits per heavy atom. The maximum atomic E-state index is 12.3. The van der Waals surface area contributed by atoms with E-state index in [9.17, 15) is 18.0 Å². The van der Waals surface area contributed by atoms with Crippen LogP contribution in [-0.4, -0.2) is 37.3 Å². The fourth-order valence-corrected chi connectivity index (χ4v) is 3.94. The minimum Gasteiger partial charge on any atom is -0.350 e. The Morgan fingerprint density at radius 2 is 1.96 bits per heavy atom. The number of hydrogen-bond donors (Lipinski definition) is 1. The van der Waals surface area contributed by atoms with Crippen molar-refractivity contribution >= 4 is 27.3 Å². The fraction of sp³-hybridized carbons (Fsp3) is 0.333. The molecule has 0 bridgehead atoms. The maximum absolute atomic E-state index is 12.3. The summed E-state index contributed by atoms with van der Waals surface area (Å²) in [6, 6.07) is 6.50. The van der Waals surface area contributed by atoms with E-state index in [-0.39, 0.29) is 28.8 Å². The molecule has 2 rings (SSSR count). The highest BCUT2D eigenvalue weighted by atomic mass is 32.2. The number of amides is 1. The monoisotopic (exact) mass is 369 g/mol. The first-order valence-electron chi connectivity index (χ1n) is 7.15. The lowest BCUT2D eigenvalue weighted by atomic mass is 10.2. The van der Waals surface area contributed by atoms with Gasteiger partial charge in [0.1, 0.15) is 6.54 Å². The topological polar surface area (TPSA) is 88.5 Å². The van der Waals surface area contributed by atoms with Gasteiger partial charge in [-0.3, -0.25) is 14.2 Å². The molecule has 0 atom stereocenters. The average molecular weight is 369 g/mol. The van der Waals surface area contributed by atoms with Crippen LogP contribution in [-0.2, 0) is 27.9 Å². The van der Waals surface area contributed by atoms with Crippen LogP contribution in [0.2, 0.25) is 0 Å². The lowest BCUT2D eigenvalue weighted by Gasteiger charge is -2.15. The van der Waals surface area contributed by atoms with Crippen molar-refractivity contribution in [2.45, 2.75) is 24.9 Å². The van der Waals surface area contributed by atoms with E-state index in [1.54, 1.807) is 30.5 Å². The van der Waals surface area contributed by atoms with Gasteiger partial charge in [-0.1, -0.05) is 29.5 Å². The number of rotatable bonds is 6. The van der Waals surface area contributed by atoms with Crippen LogP contribution >= 0.6 is 11.3 Å². The molecule has 0 aliphatic rings. The van der Waals surface area contributed by atoms with Crippen LogP contribution in [0.25, 0.3) is 0 Å². The van der Waals surface area contributed by atoms with Crippen LogP contribution in [0.3, 0.4) is 0 Å². The van der Waals surface area contributed by atoms with Gasteiger partial charge in [-0.05, 0) is 18.6 Å². The van der Waals surface area contributed by atoms with Crippen molar-refractivity contribution in [2.24, 2.45) is 0 Å². The number of carbonyl (C=O) groups excluding carboxylic acids is 1. The molecule has 0 aliphatic carbocycles. The second kappa shape index (κ2) is 7.29. The largest absolute Gasteiger partial charge is 0.350 e. The van der Waals surface area contributed by atoms with Crippen LogP contribution in [0.5, 0.6) is 0 Å². The van der Waals surface area contributed by atoms with Crippen molar-refractivity contribution in [1.82, 2.24) is 14.2 Å². The van der Waals surface area contributed by atoms with E-state index in [0.29, 0.717) is 5.56 Å². The van der Waals surface area contributed by atoms with Gasteiger partial charge in [-0.2, -0.15) is 0 Å². The molecule has 1 N–H and O–H groups in total. The molecular weight excluding hydrogens is 350 g/mol. The number of aromatic nitrogens is 1. The van der Waals surface area contributed by atoms with Gasteiger partial charge in [0.25, 0.3) is 0 Å². The summed E-state index contributed by atoms with van der Waals surface area (Å²) in [7, 11) is -0.681. The van der Waals surface area contributed by atoms with Gasteiger partial charge in [0, 0.05) is 31.7 Å². The normalized spacial score (nSPS) is 11.7. The van der Waals surface area contributed by atoms with Crippen molar-refractivity contribution in [1.29, 1.82) is 0 Å². The Balaban J connectivity index is 2.13. The van der Waals surface area contributed by atoms with Crippen LogP contribution in [0.15, 0.2) is 39.3 Å². The molecule has 130 valence electrons. The van der Waals surface area contributed by atoms with Crippen LogP contribution in [0, 0.1) is 6.92 Å². The Bertz CT molecular complexity index is 897. The highest BCUT2D eigenvalue weighted by molar-refractivity contribution is 7.89. The van der Waals surface area contributed by atoms with Crippen LogP contribution in [0.4, 0.5) is 0 Å². The first kappa shape index (κ1) is 18.4. The van der Waals surface area contributed by atoms with Gasteiger partial charge >= 0.3 is 4.87 Å². The van der Waals surface area contributed by atoms with Gasteiger partial charge in [0.15, 0.2) is 0 Å². The molecule has 0 radical (unpaired) electrons. The molecule has 1 aromatic heterocycles. The van der Waals surface area contributed by atoms with E-state index in [1.807, 2.05) is 0 Å². The van der Waals surface area contributed by atoms with Gasteiger partial charge in [0.2, 0.25) is 15.9 Å². The second-order valence-corrected chi connectivity index (χ2v) is 8.34. The summed E-state index contributed by atoms with van der Waals surface area (Å²) in [5, 5.41) is 4.36. The molecule has 1 amide bonds. The average Bonchev–Trinajstić information content (AvgIpc) is 2.85. The summed E-state index contributed by atoms with van der Waals surface area (Å²) in [5.74, 6) is -0.351. The molecule has 1 heterocycles. The zero-order chi connectivity index (χ0) is 17.9. The smallest absolute Gasteiger partial charge is 0.307 e. The third-order valence-corrected chi connectivity index (χ3v) is 6.28. The van der Waals surface area contributed by atoms with E-state index in [1.165, 1.54) is 24.7 Å². The number of benzene rings is 1. The second-order valence-electron chi connectivity index (χ2n) is 5.40. The molecule has 0 saturated carbocycles. The predicted molar refractivity (Wildman–Crippen MR) is 92.5 cm³/mol. The van der Waals surface area contributed by atoms with E-state index in [0.717, 1.165) is 21.3 Å². The summed E-state index contributed by atoms with van der Waals surface area (Å²) in [6.45, 7) is 1.74. The molecule has 0 saturated heterocycles. The molecule has 24 heavy (non-hydrogen) atoms. The number of thiazole rings is 1. The third kappa shape index (κ3) is 3.92. The van der Waals surface area contributed by atoms with Gasteiger partial charge in [0.05, 0.1) is 4.90 Å². The summed E-state index contributed by atoms with van der Waals surface area (Å²) in [5.41, 5.74) is 1.21. The standard InChI is InChI=1S/C15H19N3O4S2/c1-11-10-23-15(20)18(11)9-14(19)16-8-12-6-4-5-7-13(12)24(21,22)17(2)3/h4-7,10H,8-9H2,1-3H3,(H,16,19). The highest BCUT2D eigenvalue weighted by Crippen LogP contribution is 2.18. The number of hydrogen-bond acceptors (Lipinski definition) is 5. The molecule has 0 unspecified atom stereocenters. The summed E-state index contributed by atoms with van der Waals surface area (Å²) < 4.78 is 27.1. The molecule has 1 aromatic carbocycles. The number of nitrogens with one attached hydrogen (secondary N) is 1. The van der Waals surface area contributed by atoms with Crippen molar-refractivity contribution < 1.29 is 13.2 Å². The van der Waals surface area contributed by atoms with Crippen molar-refractivity contribution in [3.63, 3.8) is 0 Å². The maximum Gasteiger partial charge on any atom is 0.307 e. The van der Waals surface area contributed by atoms with Gasteiger partial charge < -0.3 is 5.32 Å². The van der Waals surface area contributed by atoms with E-state index < -0.39 is 10.0 Å². The van der Waals surface area contributed by atoms with E-state index in [4.69, 9.17) is 0 Å². The fourth-order valence-electron chi connectivity index (χ4n) is 2.09. The number of carbonyl (C=O) groups is 1. The minimum atomic E-state index is -3.59. The molecule has 0 fully saturated rings. The third-order valence-electron chi connectivity index (χ3n) is 3.49. The molecule has 9 heteroatoms. The summed E-state index contributed by atoms with van der Waals surface area (Å²) in [4.78, 5) is 23.6. The highest BCUT2D eigenvalue weighted by Gasteiger charge is 2.20. The van der Waals surface area contributed by atoms with E-state index in [2.05, 4.69) is 5.32 Å². The molecule has 0 spiro atoms. The van der Waals surface area contributed by atoms with Crippen LogP contribution < -0.4 is 10.2 Å². The quantitative estimate of drug-likeness (QED) is 0.815. The molecular formula is C15H19N3O4S2. The predicted octanol–water partition coefficient (Wildman–Crippen LogP) is 0.785. The van der Waals surface area contributed by atoms with Crippen molar-refractivity contribution in [2.75, 3.05) is 14.1 Å². The Kier molecular flexibility index (Phi) is 5.58. The lowest BCUT2D eigenvalue weighted by Crippen LogP contribution is -2.31. The van der Waals surface area contributed by atoms with E-state index >= 15 is 0 Å². The zero-order valence-corrected chi connectivity index (χ0v) is 15.3. The minimum absolute atomic E-state index is 0.0695. The number of nitrogens with zero attached hydrogens (tertiary/aromatic N) is 2. The Hall–Kier alpha value is -1.97. The van der Waals surface area contributed by atoms with Gasteiger partial charge in [-0.15, -0.1) is 0 Å². The number of aryl methyl sites for hydroxylation is 1. The van der Waals surface area contributed by atoms with Crippen molar-refractivity contribution in [3.05, 3.63) is 50.6 Å². The Morgan fingerprint density at radius 1 is 1.29 bits per heavy atom. The first-order chi connectivity index (χ1) is 11.2. The summed E-state index contributed by atoms with van der Waals surface area (Å²) in [6.07, 6.45) is 0. The SMILES string of the molecule is Cc1csc(=O)n1CC(=O)NCc1ccccc1S(=O)(=O)N(C)C. The Labute approximate surface area is 144 Å². The van der Waals surface area contributed by atoms with Crippen LogP contribution in [0.1, 0.15) is 11.3 Å². The number of sulfonamides is 1. The molecule has 2 aromatic rings. The van der Waals surface area contributed by atoms with Crippen molar-refractivity contribution in [3.8, 4) is 0 Å². The zero-order valence-electron chi connectivity index (χ0n) is 13.6. The summed E-state index contributed by atoms with van der Waals surface area (Å²) >= 11 is 1.04. The lowest BCUT2D eigenvalue weighted by molar-refractivity contribution is -0.121. The van der Waals surface area contributed by atoms with Gasteiger partial charge in [-0.25, -0.2) is 12.7 Å². The first-order valence-corrected chi connectivity index (χ1v) is 9.47. The molecule has 0 aliphatic heterocycles. The molecule has 7 nitrogen and oxygen atoms in total.